The molecular formula is C12H19NO4. The molecule has 0 aliphatic heterocycles. The summed E-state index contributed by atoms with van der Waals surface area (Å²) >= 11 is 0. The van der Waals surface area contributed by atoms with Gasteiger partial charge in [0.1, 0.15) is 17.1 Å². The molecule has 0 amide bonds. The second kappa shape index (κ2) is 5.33. The van der Waals surface area contributed by atoms with Gasteiger partial charge < -0.3 is 19.6 Å². The molecule has 0 aliphatic carbocycles. The molecule has 5 nitrogen and oxygen atoms in total. The van der Waals surface area contributed by atoms with E-state index in [4.69, 9.17) is 14.3 Å². The van der Waals surface area contributed by atoms with Crippen LogP contribution in [-0.2, 0) is 11.3 Å². The first-order valence-electron chi connectivity index (χ1n) is 5.44. The Hall–Kier alpha value is -1.33. The van der Waals surface area contributed by atoms with E-state index in [1.54, 1.807) is 20.1 Å². The summed E-state index contributed by atoms with van der Waals surface area (Å²) in [6.07, 6.45) is 0. The molecule has 1 heterocycles. The van der Waals surface area contributed by atoms with E-state index in [-0.39, 0.29) is 11.2 Å². The number of aromatic carboxylic acids is 1. The maximum Gasteiger partial charge on any atom is 0.339 e. The van der Waals surface area contributed by atoms with Crippen molar-refractivity contribution < 1.29 is 19.1 Å². The molecule has 0 atom stereocenters. The summed E-state index contributed by atoms with van der Waals surface area (Å²) in [7, 11) is 1.65. The molecule has 0 fully saturated rings. The van der Waals surface area contributed by atoms with Crippen LogP contribution in [-0.4, -0.2) is 30.3 Å². The van der Waals surface area contributed by atoms with Crippen LogP contribution in [0, 0.1) is 6.92 Å². The Morgan fingerprint density at radius 2 is 2.24 bits per heavy atom. The van der Waals surface area contributed by atoms with E-state index in [2.05, 4.69) is 5.32 Å². The summed E-state index contributed by atoms with van der Waals surface area (Å²) < 4.78 is 10.6. The van der Waals surface area contributed by atoms with Crippen LogP contribution in [0.3, 0.4) is 0 Å². The van der Waals surface area contributed by atoms with Gasteiger partial charge in [0.15, 0.2) is 0 Å². The van der Waals surface area contributed by atoms with Gasteiger partial charge in [-0.05, 0) is 26.8 Å². The van der Waals surface area contributed by atoms with Crippen molar-refractivity contribution in [3.8, 4) is 0 Å². The minimum Gasteiger partial charge on any atom is -0.478 e. The third-order valence-corrected chi connectivity index (χ3v) is 2.60. The predicted molar refractivity (Wildman–Crippen MR) is 63.2 cm³/mol. The fourth-order valence-corrected chi connectivity index (χ4v) is 1.40. The first-order valence-corrected chi connectivity index (χ1v) is 5.44. The SMILES string of the molecule is COC(C)(C)CNCc1cc(C(=O)O)c(C)o1. The summed E-state index contributed by atoms with van der Waals surface area (Å²) in [6.45, 7) is 6.73. The van der Waals surface area contributed by atoms with E-state index < -0.39 is 5.97 Å². The lowest BCUT2D eigenvalue weighted by molar-refractivity contribution is 0.0227. The summed E-state index contributed by atoms with van der Waals surface area (Å²) in [5.41, 5.74) is -0.0372. The summed E-state index contributed by atoms with van der Waals surface area (Å²) in [5, 5.41) is 12.0. The van der Waals surface area contributed by atoms with Crippen LogP contribution in [0.15, 0.2) is 10.5 Å². The van der Waals surface area contributed by atoms with Crippen LogP contribution in [0.5, 0.6) is 0 Å². The van der Waals surface area contributed by atoms with Gasteiger partial charge in [-0.3, -0.25) is 0 Å². The average Bonchev–Trinajstić information content (AvgIpc) is 2.59. The van der Waals surface area contributed by atoms with Crippen molar-refractivity contribution in [1.29, 1.82) is 0 Å². The normalized spacial score (nSPS) is 11.8. The molecule has 0 saturated carbocycles. The molecule has 96 valence electrons. The average molecular weight is 241 g/mol. The highest BCUT2D eigenvalue weighted by molar-refractivity contribution is 5.88. The molecule has 17 heavy (non-hydrogen) atoms. The highest BCUT2D eigenvalue weighted by atomic mass is 16.5. The Balaban J connectivity index is 2.53. The number of carbonyl (C=O) groups is 1. The number of carboxylic acids is 1. The minimum absolute atomic E-state index is 0.216. The monoisotopic (exact) mass is 241 g/mol. The Labute approximate surface area is 101 Å². The number of rotatable bonds is 6. The summed E-state index contributed by atoms with van der Waals surface area (Å²) in [6, 6.07) is 1.55. The maximum absolute atomic E-state index is 10.8. The molecule has 0 radical (unpaired) electrons. The van der Waals surface area contributed by atoms with Gasteiger partial charge in [0, 0.05) is 13.7 Å². The molecule has 0 spiro atoms. The van der Waals surface area contributed by atoms with Crippen molar-refractivity contribution in [2.75, 3.05) is 13.7 Å². The van der Waals surface area contributed by atoms with Gasteiger partial charge >= 0.3 is 5.97 Å². The molecule has 1 aromatic rings. The highest BCUT2D eigenvalue weighted by Gasteiger charge is 2.17. The predicted octanol–water partition coefficient (Wildman–Crippen LogP) is 1.80. The second-order valence-corrected chi connectivity index (χ2v) is 4.56. The molecule has 1 aromatic heterocycles. The van der Waals surface area contributed by atoms with E-state index in [0.29, 0.717) is 24.6 Å². The molecular weight excluding hydrogens is 222 g/mol. The zero-order valence-electron chi connectivity index (χ0n) is 10.7. The van der Waals surface area contributed by atoms with Crippen LogP contribution in [0.1, 0.15) is 35.7 Å². The Bertz CT molecular complexity index is 395. The van der Waals surface area contributed by atoms with Crippen molar-refractivity contribution in [1.82, 2.24) is 5.32 Å². The van der Waals surface area contributed by atoms with Gasteiger partial charge in [0.2, 0.25) is 0 Å². The van der Waals surface area contributed by atoms with Gasteiger partial charge in [0.25, 0.3) is 0 Å². The molecule has 0 unspecified atom stereocenters. The van der Waals surface area contributed by atoms with Crippen LogP contribution >= 0.6 is 0 Å². The highest BCUT2D eigenvalue weighted by Crippen LogP contribution is 2.14. The molecule has 0 aliphatic rings. The van der Waals surface area contributed by atoms with Crippen LogP contribution in [0.4, 0.5) is 0 Å². The van der Waals surface area contributed by atoms with Gasteiger partial charge in [0.05, 0.1) is 12.1 Å². The van der Waals surface area contributed by atoms with E-state index in [1.807, 2.05) is 13.8 Å². The third kappa shape index (κ3) is 3.87. The van der Waals surface area contributed by atoms with Crippen LogP contribution in [0.2, 0.25) is 0 Å². The fourth-order valence-electron chi connectivity index (χ4n) is 1.40. The standard InChI is InChI=1S/C12H19NO4/c1-8-10(11(14)15)5-9(17-8)6-13-7-12(2,3)16-4/h5,13H,6-7H2,1-4H3,(H,14,15). The van der Waals surface area contributed by atoms with Crippen molar-refractivity contribution in [3.63, 3.8) is 0 Å². The smallest absolute Gasteiger partial charge is 0.339 e. The van der Waals surface area contributed by atoms with Gasteiger partial charge in [-0.1, -0.05) is 0 Å². The first-order chi connectivity index (χ1) is 7.85. The summed E-state index contributed by atoms with van der Waals surface area (Å²) in [5.74, 6) is 0.0850. The van der Waals surface area contributed by atoms with E-state index in [9.17, 15) is 4.79 Å². The number of furan rings is 1. The summed E-state index contributed by atoms with van der Waals surface area (Å²) in [4.78, 5) is 10.8. The lowest BCUT2D eigenvalue weighted by atomic mass is 10.1. The topological polar surface area (TPSA) is 71.7 Å². The Morgan fingerprint density at radius 1 is 1.59 bits per heavy atom. The molecule has 2 N–H and O–H groups in total. The maximum atomic E-state index is 10.8. The Kier molecular flexibility index (Phi) is 4.31. The van der Waals surface area contributed by atoms with E-state index >= 15 is 0 Å². The number of ether oxygens (including phenoxy) is 1. The number of aryl methyl sites for hydroxylation is 1. The number of methoxy groups -OCH3 is 1. The zero-order chi connectivity index (χ0) is 13.1. The minimum atomic E-state index is -0.963. The van der Waals surface area contributed by atoms with Crippen molar-refractivity contribution in [2.45, 2.75) is 32.9 Å². The van der Waals surface area contributed by atoms with E-state index in [0.717, 1.165) is 0 Å². The van der Waals surface area contributed by atoms with Crippen molar-refractivity contribution in [3.05, 3.63) is 23.2 Å². The lowest BCUT2D eigenvalue weighted by Gasteiger charge is -2.22. The number of carboxylic acid groups (broad SMARTS) is 1. The molecule has 1 rings (SSSR count). The fraction of sp³-hybridized carbons (Fsp3) is 0.583. The number of hydrogen-bond donors (Lipinski definition) is 2. The van der Waals surface area contributed by atoms with Gasteiger partial charge in [-0.25, -0.2) is 4.79 Å². The van der Waals surface area contributed by atoms with Crippen molar-refractivity contribution in [2.24, 2.45) is 0 Å². The van der Waals surface area contributed by atoms with Crippen molar-refractivity contribution >= 4 is 5.97 Å². The molecule has 5 heteroatoms. The molecule has 0 bridgehead atoms. The quantitative estimate of drug-likeness (QED) is 0.794. The largest absolute Gasteiger partial charge is 0.478 e. The van der Waals surface area contributed by atoms with E-state index in [1.165, 1.54) is 0 Å². The molecule has 0 aromatic carbocycles. The third-order valence-electron chi connectivity index (χ3n) is 2.60. The van der Waals surface area contributed by atoms with Crippen LogP contribution in [0.25, 0.3) is 0 Å². The Morgan fingerprint density at radius 3 is 2.71 bits per heavy atom. The number of hydrogen-bond acceptors (Lipinski definition) is 4. The van der Waals surface area contributed by atoms with Crippen LogP contribution < -0.4 is 5.32 Å². The van der Waals surface area contributed by atoms with Gasteiger partial charge in [-0.2, -0.15) is 0 Å². The zero-order valence-corrected chi connectivity index (χ0v) is 10.7. The number of nitrogens with one attached hydrogen (secondary N) is 1. The second-order valence-electron chi connectivity index (χ2n) is 4.56. The van der Waals surface area contributed by atoms with Gasteiger partial charge in [-0.15, -0.1) is 0 Å². The molecule has 0 saturated heterocycles. The lowest BCUT2D eigenvalue weighted by Crippen LogP contribution is -2.36. The first kappa shape index (κ1) is 13.7.